The van der Waals surface area contributed by atoms with E-state index in [4.69, 9.17) is 11.6 Å². The maximum atomic E-state index is 12.8. The van der Waals surface area contributed by atoms with E-state index in [2.05, 4.69) is 20.1 Å². The molecule has 0 spiro atoms. The molecule has 134 valence electrons. The van der Waals surface area contributed by atoms with Crippen LogP contribution >= 0.6 is 11.6 Å². The van der Waals surface area contributed by atoms with Crippen molar-refractivity contribution in [3.63, 3.8) is 0 Å². The lowest BCUT2D eigenvalue weighted by molar-refractivity contribution is 0.307. The molecule has 4 rings (SSSR count). The zero-order valence-corrected chi connectivity index (χ0v) is 15.3. The zero-order valence-electron chi connectivity index (χ0n) is 13.7. The Morgan fingerprint density at radius 1 is 1.08 bits per heavy atom. The highest BCUT2D eigenvalue weighted by Gasteiger charge is 2.32. The van der Waals surface area contributed by atoms with Gasteiger partial charge in [0.1, 0.15) is 11.6 Å². The smallest absolute Gasteiger partial charge is 0.243 e. The highest BCUT2D eigenvalue weighted by molar-refractivity contribution is 7.89. The number of rotatable bonds is 3. The highest BCUT2D eigenvalue weighted by Crippen LogP contribution is 2.30. The first-order valence-corrected chi connectivity index (χ1v) is 10.3. The molecule has 7 nitrogen and oxygen atoms in total. The Bertz CT molecular complexity index is 857. The summed E-state index contributed by atoms with van der Waals surface area (Å²) in [6.45, 7) is 3.53. The van der Waals surface area contributed by atoms with E-state index in [1.807, 2.05) is 0 Å². The van der Waals surface area contributed by atoms with Crippen molar-refractivity contribution >= 4 is 21.6 Å². The first kappa shape index (κ1) is 17.0. The van der Waals surface area contributed by atoms with Gasteiger partial charge in [-0.25, -0.2) is 8.42 Å². The summed E-state index contributed by atoms with van der Waals surface area (Å²) in [6, 6.07) is 6.34. The molecule has 2 aromatic rings. The van der Waals surface area contributed by atoms with Gasteiger partial charge in [0.15, 0.2) is 0 Å². The third-order valence-electron chi connectivity index (χ3n) is 4.92. The average molecular weight is 382 g/mol. The van der Waals surface area contributed by atoms with E-state index >= 15 is 0 Å². The van der Waals surface area contributed by atoms with E-state index in [-0.39, 0.29) is 5.92 Å². The Kier molecular flexibility index (Phi) is 4.53. The normalized spacial score (nSPS) is 19.7. The lowest BCUT2D eigenvalue weighted by atomic mass is 9.97. The summed E-state index contributed by atoms with van der Waals surface area (Å²) in [5.41, 5.74) is 0. The molecule has 1 N–H and O–H groups in total. The molecule has 2 aliphatic heterocycles. The molecule has 1 saturated heterocycles. The van der Waals surface area contributed by atoms with Crippen LogP contribution in [0.4, 0.5) is 0 Å². The van der Waals surface area contributed by atoms with Crippen molar-refractivity contribution in [2.45, 2.75) is 36.7 Å². The van der Waals surface area contributed by atoms with Crippen LogP contribution in [0, 0.1) is 0 Å². The summed E-state index contributed by atoms with van der Waals surface area (Å²) < 4.78 is 29.3. The van der Waals surface area contributed by atoms with Crippen LogP contribution in [-0.2, 0) is 23.1 Å². The Balaban J connectivity index is 1.48. The summed E-state index contributed by atoms with van der Waals surface area (Å²) in [6.07, 6.45) is 1.52. The first-order chi connectivity index (χ1) is 12.1. The molecule has 2 aliphatic rings. The van der Waals surface area contributed by atoms with Crippen molar-refractivity contribution < 1.29 is 8.42 Å². The molecule has 0 unspecified atom stereocenters. The summed E-state index contributed by atoms with van der Waals surface area (Å²) in [7, 11) is -3.47. The fourth-order valence-electron chi connectivity index (χ4n) is 3.53. The highest BCUT2D eigenvalue weighted by atomic mass is 35.5. The van der Waals surface area contributed by atoms with Crippen molar-refractivity contribution in [2.24, 2.45) is 0 Å². The summed E-state index contributed by atoms with van der Waals surface area (Å²) >= 11 is 5.85. The molecular weight excluding hydrogens is 362 g/mol. The molecule has 0 aliphatic carbocycles. The van der Waals surface area contributed by atoms with Gasteiger partial charge in [-0.3, -0.25) is 0 Å². The number of nitrogens with zero attached hydrogens (tertiary/aromatic N) is 4. The first-order valence-electron chi connectivity index (χ1n) is 8.44. The van der Waals surface area contributed by atoms with Gasteiger partial charge in [0.25, 0.3) is 0 Å². The molecule has 3 heterocycles. The largest absolute Gasteiger partial charge is 0.312 e. The van der Waals surface area contributed by atoms with Gasteiger partial charge < -0.3 is 9.88 Å². The quantitative estimate of drug-likeness (QED) is 0.873. The van der Waals surface area contributed by atoms with Crippen LogP contribution in [0.2, 0.25) is 5.02 Å². The minimum absolute atomic E-state index is 0.260. The fraction of sp³-hybridized carbons (Fsp3) is 0.500. The predicted molar refractivity (Wildman–Crippen MR) is 93.9 cm³/mol. The van der Waals surface area contributed by atoms with Crippen LogP contribution in [0.3, 0.4) is 0 Å². The van der Waals surface area contributed by atoms with Crippen LogP contribution in [0.5, 0.6) is 0 Å². The van der Waals surface area contributed by atoms with Gasteiger partial charge in [-0.2, -0.15) is 4.31 Å². The maximum Gasteiger partial charge on any atom is 0.243 e. The van der Waals surface area contributed by atoms with E-state index in [1.54, 1.807) is 28.6 Å². The van der Waals surface area contributed by atoms with Gasteiger partial charge in [-0.1, -0.05) is 11.6 Å². The van der Waals surface area contributed by atoms with Crippen LogP contribution in [-0.4, -0.2) is 47.1 Å². The number of aromatic nitrogens is 3. The topological polar surface area (TPSA) is 80.1 Å². The molecule has 1 aromatic carbocycles. The van der Waals surface area contributed by atoms with E-state index in [1.165, 1.54) is 0 Å². The van der Waals surface area contributed by atoms with Gasteiger partial charge >= 0.3 is 0 Å². The monoisotopic (exact) mass is 381 g/mol. The van der Waals surface area contributed by atoms with E-state index < -0.39 is 10.0 Å². The number of sulfonamides is 1. The minimum Gasteiger partial charge on any atom is -0.312 e. The predicted octanol–water partition coefficient (Wildman–Crippen LogP) is 1.60. The van der Waals surface area contributed by atoms with Gasteiger partial charge in [-0.05, 0) is 37.1 Å². The second-order valence-corrected chi connectivity index (χ2v) is 8.81. The van der Waals surface area contributed by atoms with Crippen LogP contribution in [0.1, 0.15) is 30.4 Å². The Labute approximate surface area is 152 Å². The Morgan fingerprint density at radius 3 is 2.52 bits per heavy atom. The van der Waals surface area contributed by atoms with Gasteiger partial charge in [0, 0.05) is 37.1 Å². The van der Waals surface area contributed by atoms with E-state index in [0.29, 0.717) is 23.0 Å². The Hall–Kier alpha value is -1.48. The van der Waals surface area contributed by atoms with E-state index in [9.17, 15) is 8.42 Å². The molecule has 1 aromatic heterocycles. The standard InChI is InChI=1S/C16H20ClN5O2S/c17-13-1-3-14(4-2-13)25(23,24)21-8-5-12(6-9-21)16-20-19-15-11-18-7-10-22(15)16/h1-4,12,18H,5-11H2. The average Bonchev–Trinajstić information content (AvgIpc) is 3.06. The Morgan fingerprint density at radius 2 is 1.80 bits per heavy atom. The van der Waals surface area contributed by atoms with Crippen molar-refractivity contribution in [3.8, 4) is 0 Å². The molecular formula is C16H20ClN5O2S. The summed E-state index contributed by atoms with van der Waals surface area (Å²) in [5, 5.41) is 12.4. The fourth-order valence-corrected chi connectivity index (χ4v) is 5.12. The molecule has 0 bridgehead atoms. The van der Waals surface area contributed by atoms with Crippen LogP contribution < -0.4 is 5.32 Å². The second kappa shape index (κ2) is 6.68. The van der Waals surface area contributed by atoms with Crippen molar-refractivity contribution in [2.75, 3.05) is 19.6 Å². The van der Waals surface area contributed by atoms with Gasteiger partial charge in [0.05, 0.1) is 11.4 Å². The number of halogens is 1. The maximum absolute atomic E-state index is 12.8. The van der Waals surface area contributed by atoms with Gasteiger partial charge in [0.2, 0.25) is 10.0 Å². The number of fused-ring (bicyclic) bond motifs is 1. The van der Waals surface area contributed by atoms with Crippen molar-refractivity contribution in [3.05, 3.63) is 40.9 Å². The number of hydrogen-bond donors (Lipinski definition) is 1. The number of hydrogen-bond acceptors (Lipinski definition) is 5. The van der Waals surface area contributed by atoms with Crippen molar-refractivity contribution in [1.29, 1.82) is 0 Å². The molecule has 0 radical (unpaired) electrons. The number of nitrogens with one attached hydrogen (secondary N) is 1. The van der Waals surface area contributed by atoms with Crippen LogP contribution in [0.15, 0.2) is 29.2 Å². The lowest BCUT2D eigenvalue weighted by Crippen LogP contribution is -2.38. The molecule has 25 heavy (non-hydrogen) atoms. The minimum atomic E-state index is -3.47. The lowest BCUT2D eigenvalue weighted by Gasteiger charge is -2.31. The summed E-state index contributed by atoms with van der Waals surface area (Å²) in [5.74, 6) is 2.23. The SMILES string of the molecule is O=S(=O)(c1ccc(Cl)cc1)N1CCC(c2nnc3n2CCNC3)CC1. The molecule has 1 fully saturated rings. The molecule has 0 amide bonds. The van der Waals surface area contributed by atoms with Crippen molar-refractivity contribution in [1.82, 2.24) is 24.4 Å². The van der Waals surface area contributed by atoms with Gasteiger partial charge in [-0.15, -0.1) is 10.2 Å². The summed E-state index contributed by atoms with van der Waals surface area (Å²) in [4.78, 5) is 0.293. The van der Waals surface area contributed by atoms with Crippen LogP contribution in [0.25, 0.3) is 0 Å². The zero-order chi connectivity index (χ0) is 17.4. The molecule has 0 atom stereocenters. The molecule has 0 saturated carbocycles. The molecule has 9 heteroatoms. The number of piperidine rings is 1. The third kappa shape index (κ3) is 3.19. The third-order valence-corrected chi connectivity index (χ3v) is 7.09. The second-order valence-electron chi connectivity index (χ2n) is 6.44. The van der Waals surface area contributed by atoms with E-state index in [0.717, 1.165) is 44.1 Å². The number of benzene rings is 1.